The average Bonchev–Trinajstić information content (AvgIpc) is 3.10. The Labute approximate surface area is 126 Å². The number of hydrogen-bond acceptors (Lipinski definition) is 3. The minimum atomic E-state index is 0.471. The van der Waals surface area contributed by atoms with Crippen LogP contribution in [0.4, 0.5) is 0 Å². The fourth-order valence-corrected chi connectivity index (χ4v) is 3.13. The van der Waals surface area contributed by atoms with E-state index in [4.69, 9.17) is 5.10 Å². The normalized spacial score (nSPS) is 14.3. The minimum Gasteiger partial charge on any atom is -0.314 e. The lowest BCUT2D eigenvalue weighted by molar-refractivity contribution is 0.464. The van der Waals surface area contributed by atoms with Crippen LogP contribution in [-0.2, 0) is 12.8 Å². The fraction of sp³-hybridized carbons (Fsp3) is 0.562. The van der Waals surface area contributed by atoms with E-state index < -0.39 is 0 Å². The number of likely N-dealkylation sites (N-methyl/N-ethyl adjacent to an activating group) is 1. The molecule has 2 aromatic heterocycles. The second-order valence-corrected chi connectivity index (χ2v) is 6.32. The molecule has 2 heterocycles. The molecule has 0 radical (unpaired) electrons. The standard InChI is InChI=1S/C16H25N3S/c1-4-13(3)19-9-8-14(18-19)11-15(17-5-2)12-16-7-6-10-20-16/h6-10,13,15,17H,4-5,11-12H2,1-3H3. The van der Waals surface area contributed by atoms with Gasteiger partial charge in [0, 0.05) is 29.6 Å². The predicted molar refractivity (Wildman–Crippen MR) is 86.4 cm³/mol. The summed E-state index contributed by atoms with van der Waals surface area (Å²) in [6, 6.07) is 7.45. The van der Waals surface area contributed by atoms with Crippen molar-refractivity contribution in [2.75, 3.05) is 6.54 Å². The van der Waals surface area contributed by atoms with E-state index in [9.17, 15) is 0 Å². The summed E-state index contributed by atoms with van der Waals surface area (Å²) in [5.74, 6) is 0. The van der Waals surface area contributed by atoms with Gasteiger partial charge >= 0.3 is 0 Å². The molecule has 3 nitrogen and oxygen atoms in total. The molecule has 2 aromatic rings. The number of thiophene rings is 1. The fourth-order valence-electron chi connectivity index (χ4n) is 2.35. The molecule has 0 fully saturated rings. The maximum Gasteiger partial charge on any atom is 0.0640 e. The Hall–Kier alpha value is -1.13. The van der Waals surface area contributed by atoms with Crippen molar-refractivity contribution < 1.29 is 0 Å². The van der Waals surface area contributed by atoms with Gasteiger partial charge < -0.3 is 5.32 Å². The van der Waals surface area contributed by atoms with Crippen molar-refractivity contribution >= 4 is 11.3 Å². The third-order valence-electron chi connectivity index (χ3n) is 3.68. The van der Waals surface area contributed by atoms with Crippen LogP contribution < -0.4 is 5.32 Å². The van der Waals surface area contributed by atoms with Crippen LogP contribution in [0.25, 0.3) is 0 Å². The molecule has 4 heteroatoms. The molecule has 0 saturated carbocycles. The Balaban J connectivity index is 1.98. The van der Waals surface area contributed by atoms with Gasteiger partial charge in [-0.15, -0.1) is 11.3 Å². The lowest BCUT2D eigenvalue weighted by atomic mass is 10.1. The molecule has 2 rings (SSSR count). The maximum absolute atomic E-state index is 4.71. The average molecular weight is 291 g/mol. The van der Waals surface area contributed by atoms with E-state index in [2.05, 4.69) is 60.5 Å². The van der Waals surface area contributed by atoms with E-state index in [0.717, 1.165) is 25.8 Å². The maximum atomic E-state index is 4.71. The van der Waals surface area contributed by atoms with Gasteiger partial charge in [-0.05, 0) is 43.8 Å². The first kappa shape index (κ1) is 15.3. The van der Waals surface area contributed by atoms with Crippen molar-refractivity contribution in [2.24, 2.45) is 0 Å². The summed E-state index contributed by atoms with van der Waals surface area (Å²) in [6.45, 7) is 7.58. The summed E-state index contributed by atoms with van der Waals surface area (Å²) in [7, 11) is 0. The highest BCUT2D eigenvalue weighted by Gasteiger charge is 2.13. The molecule has 0 aliphatic heterocycles. The lowest BCUT2D eigenvalue weighted by Crippen LogP contribution is -2.33. The molecule has 0 aliphatic carbocycles. The molecular weight excluding hydrogens is 266 g/mol. The Morgan fingerprint density at radius 2 is 2.15 bits per heavy atom. The first-order valence-electron chi connectivity index (χ1n) is 7.52. The molecule has 0 aromatic carbocycles. The zero-order valence-electron chi connectivity index (χ0n) is 12.7. The first-order chi connectivity index (χ1) is 9.72. The Kier molecular flexibility index (Phi) is 5.80. The van der Waals surface area contributed by atoms with Gasteiger partial charge in [-0.3, -0.25) is 4.68 Å². The van der Waals surface area contributed by atoms with Crippen LogP contribution in [0.1, 0.15) is 43.8 Å². The first-order valence-corrected chi connectivity index (χ1v) is 8.40. The van der Waals surface area contributed by atoms with Crippen LogP contribution in [0, 0.1) is 0 Å². The van der Waals surface area contributed by atoms with Crippen molar-refractivity contribution in [3.8, 4) is 0 Å². The number of nitrogens with zero attached hydrogens (tertiary/aromatic N) is 2. The zero-order chi connectivity index (χ0) is 14.4. The smallest absolute Gasteiger partial charge is 0.0640 e. The van der Waals surface area contributed by atoms with Crippen molar-refractivity contribution in [2.45, 2.75) is 52.1 Å². The molecule has 0 bridgehead atoms. The van der Waals surface area contributed by atoms with Gasteiger partial charge in [-0.2, -0.15) is 5.10 Å². The Bertz CT molecular complexity index is 490. The summed E-state index contributed by atoms with van der Waals surface area (Å²) < 4.78 is 2.09. The largest absolute Gasteiger partial charge is 0.314 e. The second-order valence-electron chi connectivity index (χ2n) is 5.29. The Morgan fingerprint density at radius 1 is 1.30 bits per heavy atom. The molecule has 20 heavy (non-hydrogen) atoms. The third-order valence-corrected chi connectivity index (χ3v) is 4.58. The molecule has 2 atom stereocenters. The SMILES string of the molecule is CCNC(Cc1ccn(C(C)CC)n1)Cc1cccs1. The van der Waals surface area contributed by atoms with Gasteiger partial charge in [0.15, 0.2) is 0 Å². The number of nitrogens with one attached hydrogen (secondary N) is 1. The monoisotopic (exact) mass is 291 g/mol. The lowest BCUT2D eigenvalue weighted by Gasteiger charge is -2.16. The molecule has 110 valence electrons. The van der Waals surface area contributed by atoms with Crippen LogP contribution in [0.15, 0.2) is 29.8 Å². The second kappa shape index (κ2) is 7.60. The van der Waals surface area contributed by atoms with Crippen LogP contribution in [0.3, 0.4) is 0 Å². The van der Waals surface area contributed by atoms with Crippen LogP contribution in [-0.4, -0.2) is 22.4 Å². The van der Waals surface area contributed by atoms with Gasteiger partial charge in [0.25, 0.3) is 0 Å². The minimum absolute atomic E-state index is 0.471. The molecule has 1 N–H and O–H groups in total. The molecular formula is C16H25N3S. The van der Waals surface area contributed by atoms with Crippen molar-refractivity contribution in [1.82, 2.24) is 15.1 Å². The van der Waals surface area contributed by atoms with E-state index in [-0.39, 0.29) is 0 Å². The van der Waals surface area contributed by atoms with E-state index in [1.54, 1.807) is 0 Å². The highest BCUT2D eigenvalue weighted by molar-refractivity contribution is 7.09. The van der Waals surface area contributed by atoms with Crippen LogP contribution in [0.5, 0.6) is 0 Å². The Morgan fingerprint density at radius 3 is 2.80 bits per heavy atom. The summed E-state index contributed by atoms with van der Waals surface area (Å²) in [6.07, 6.45) is 5.31. The van der Waals surface area contributed by atoms with Gasteiger partial charge in [0.1, 0.15) is 0 Å². The number of hydrogen-bond donors (Lipinski definition) is 1. The van der Waals surface area contributed by atoms with E-state index in [1.807, 2.05) is 11.3 Å². The molecule has 0 spiro atoms. The van der Waals surface area contributed by atoms with Crippen LogP contribution >= 0.6 is 11.3 Å². The van der Waals surface area contributed by atoms with Crippen molar-refractivity contribution in [3.63, 3.8) is 0 Å². The zero-order valence-corrected chi connectivity index (χ0v) is 13.5. The van der Waals surface area contributed by atoms with Crippen molar-refractivity contribution in [1.29, 1.82) is 0 Å². The topological polar surface area (TPSA) is 29.9 Å². The molecule has 0 aliphatic rings. The van der Waals surface area contributed by atoms with Gasteiger partial charge in [0.2, 0.25) is 0 Å². The number of rotatable bonds is 8. The third kappa shape index (κ3) is 4.18. The van der Waals surface area contributed by atoms with E-state index >= 15 is 0 Å². The quantitative estimate of drug-likeness (QED) is 0.804. The molecule has 0 saturated heterocycles. The summed E-state index contributed by atoms with van der Waals surface area (Å²) >= 11 is 1.84. The van der Waals surface area contributed by atoms with E-state index in [0.29, 0.717) is 12.1 Å². The highest BCUT2D eigenvalue weighted by Crippen LogP contribution is 2.15. The summed E-state index contributed by atoms with van der Waals surface area (Å²) in [5.41, 5.74) is 1.19. The van der Waals surface area contributed by atoms with Gasteiger partial charge in [-0.1, -0.05) is 19.9 Å². The van der Waals surface area contributed by atoms with Gasteiger partial charge in [-0.25, -0.2) is 0 Å². The highest BCUT2D eigenvalue weighted by atomic mass is 32.1. The summed E-state index contributed by atoms with van der Waals surface area (Å²) in [4.78, 5) is 1.44. The summed E-state index contributed by atoms with van der Waals surface area (Å²) in [5, 5.41) is 10.4. The van der Waals surface area contributed by atoms with Gasteiger partial charge in [0.05, 0.1) is 5.69 Å². The number of aromatic nitrogens is 2. The predicted octanol–water partition coefficient (Wildman–Crippen LogP) is 3.68. The van der Waals surface area contributed by atoms with Crippen molar-refractivity contribution in [3.05, 3.63) is 40.3 Å². The molecule has 2 unspecified atom stereocenters. The van der Waals surface area contributed by atoms with Crippen LogP contribution in [0.2, 0.25) is 0 Å². The molecule has 0 amide bonds. The van der Waals surface area contributed by atoms with E-state index in [1.165, 1.54) is 10.6 Å².